The summed E-state index contributed by atoms with van der Waals surface area (Å²) in [5.74, 6) is -0.437. The van der Waals surface area contributed by atoms with Crippen LogP contribution >= 0.6 is 0 Å². The van der Waals surface area contributed by atoms with E-state index in [1.165, 1.54) is 0 Å². The minimum atomic E-state index is -4.53. The predicted molar refractivity (Wildman–Crippen MR) is 46.0 cm³/mol. The maximum absolute atomic E-state index is 12.3. The second-order valence-electron chi connectivity index (χ2n) is 3.03. The molecule has 0 bridgehead atoms. The first kappa shape index (κ1) is 11.8. The Hall–Kier alpha value is -1.30. The lowest BCUT2D eigenvalue weighted by Gasteiger charge is -2.13. The fraction of sp³-hybridized carbons (Fsp3) is 0.333. The highest BCUT2D eigenvalue weighted by Gasteiger charge is 2.31. The largest absolute Gasteiger partial charge is 0.508 e. The molecule has 0 spiro atoms. The lowest BCUT2D eigenvalue weighted by Crippen LogP contribution is -2.14. The van der Waals surface area contributed by atoms with Crippen LogP contribution in [0.2, 0.25) is 0 Å². The molecule has 1 aromatic rings. The van der Waals surface area contributed by atoms with Gasteiger partial charge in [0.2, 0.25) is 0 Å². The van der Waals surface area contributed by atoms with E-state index >= 15 is 0 Å². The van der Waals surface area contributed by atoms with Gasteiger partial charge in [-0.1, -0.05) is 0 Å². The number of hydrogen-bond donors (Lipinski definition) is 2. The summed E-state index contributed by atoms with van der Waals surface area (Å²) in [6, 6.07) is 0.976. The molecular weight excluding hydrogens is 214 g/mol. The standard InChI is InChI=1S/C9H9F4NO/c10-4-7(14)6-3-5(9(11,12)13)1-2-8(6)15/h1-3,7,15H,4,14H2/t7-/m1/s1. The molecule has 1 aromatic carbocycles. The van der Waals surface area contributed by atoms with Crippen LogP contribution in [0.1, 0.15) is 17.2 Å². The van der Waals surface area contributed by atoms with Crippen molar-refractivity contribution in [1.29, 1.82) is 0 Å². The maximum Gasteiger partial charge on any atom is 0.416 e. The van der Waals surface area contributed by atoms with Crippen molar-refractivity contribution in [2.75, 3.05) is 6.67 Å². The average molecular weight is 223 g/mol. The Balaban J connectivity index is 3.17. The average Bonchev–Trinajstić information content (AvgIpc) is 2.15. The van der Waals surface area contributed by atoms with E-state index < -0.39 is 30.2 Å². The van der Waals surface area contributed by atoms with Gasteiger partial charge in [0.05, 0.1) is 11.6 Å². The monoisotopic (exact) mass is 223 g/mol. The predicted octanol–water partition coefficient (Wildman–Crippen LogP) is 2.38. The number of phenols is 1. The summed E-state index contributed by atoms with van der Waals surface area (Å²) >= 11 is 0. The molecule has 0 aromatic heterocycles. The van der Waals surface area contributed by atoms with Crippen LogP contribution in [-0.2, 0) is 6.18 Å². The highest BCUT2D eigenvalue weighted by Crippen LogP contribution is 2.33. The molecule has 0 unspecified atom stereocenters. The van der Waals surface area contributed by atoms with Crippen molar-refractivity contribution in [2.24, 2.45) is 5.73 Å². The molecule has 0 aliphatic carbocycles. The molecule has 0 radical (unpaired) electrons. The van der Waals surface area contributed by atoms with Gasteiger partial charge in [-0.3, -0.25) is 0 Å². The quantitative estimate of drug-likeness (QED) is 0.756. The molecule has 2 nitrogen and oxygen atoms in total. The first-order valence-corrected chi connectivity index (χ1v) is 4.08. The Morgan fingerprint density at radius 1 is 1.33 bits per heavy atom. The molecular formula is C9H9F4NO. The van der Waals surface area contributed by atoms with Crippen LogP contribution in [-0.4, -0.2) is 11.8 Å². The Morgan fingerprint density at radius 2 is 1.93 bits per heavy atom. The number of benzene rings is 1. The fourth-order valence-corrected chi connectivity index (χ4v) is 1.11. The van der Waals surface area contributed by atoms with Crippen molar-refractivity contribution in [3.63, 3.8) is 0 Å². The number of hydrogen-bond acceptors (Lipinski definition) is 2. The molecule has 0 aliphatic rings. The van der Waals surface area contributed by atoms with Crippen molar-refractivity contribution < 1.29 is 22.7 Å². The first-order valence-electron chi connectivity index (χ1n) is 4.08. The molecule has 0 heterocycles. The molecule has 15 heavy (non-hydrogen) atoms. The van der Waals surface area contributed by atoms with Gasteiger partial charge >= 0.3 is 6.18 Å². The van der Waals surface area contributed by atoms with E-state index in [1.54, 1.807) is 0 Å². The lowest BCUT2D eigenvalue weighted by atomic mass is 10.0. The normalized spacial score (nSPS) is 13.9. The summed E-state index contributed by atoms with van der Waals surface area (Å²) in [6.07, 6.45) is -4.53. The molecule has 0 saturated heterocycles. The molecule has 0 aliphatic heterocycles. The van der Waals surface area contributed by atoms with E-state index in [0.717, 1.165) is 6.07 Å². The summed E-state index contributed by atoms with van der Waals surface area (Å²) in [5, 5.41) is 9.19. The van der Waals surface area contributed by atoms with Gasteiger partial charge in [0.15, 0.2) is 0 Å². The number of phenolic OH excluding ortho intramolecular Hbond substituents is 1. The summed E-state index contributed by atoms with van der Waals surface area (Å²) in [4.78, 5) is 0. The third kappa shape index (κ3) is 2.59. The minimum absolute atomic E-state index is 0.243. The van der Waals surface area contributed by atoms with E-state index in [0.29, 0.717) is 12.1 Å². The SMILES string of the molecule is N[C@H](CF)c1cc(C(F)(F)F)ccc1O. The highest BCUT2D eigenvalue weighted by atomic mass is 19.4. The van der Waals surface area contributed by atoms with Crippen LogP contribution in [0.25, 0.3) is 0 Å². The van der Waals surface area contributed by atoms with Crippen LogP contribution in [0.15, 0.2) is 18.2 Å². The Labute approximate surface area is 83.3 Å². The summed E-state index contributed by atoms with van der Waals surface area (Å²) < 4.78 is 48.9. The van der Waals surface area contributed by atoms with Crippen molar-refractivity contribution in [2.45, 2.75) is 12.2 Å². The molecule has 6 heteroatoms. The van der Waals surface area contributed by atoms with E-state index in [9.17, 15) is 22.7 Å². The van der Waals surface area contributed by atoms with Gasteiger partial charge in [-0.05, 0) is 18.2 Å². The van der Waals surface area contributed by atoms with E-state index in [1.807, 2.05) is 0 Å². The van der Waals surface area contributed by atoms with E-state index in [-0.39, 0.29) is 5.56 Å². The van der Waals surface area contributed by atoms with Crippen molar-refractivity contribution in [1.82, 2.24) is 0 Å². The van der Waals surface area contributed by atoms with Crippen molar-refractivity contribution in [3.05, 3.63) is 29.3 Å². The van der Waals surface area contributed by atoms with Crippen LogP contribution < -0.4 is 5.73 Å². The van der Waals surface area contributed by atoms with Gasteiger partial charge in [-0.15, -0.1) is 0 Å². The molecule has 0 fully saturated rings. The molecule has 0 saturated carbocycles. The third-order valence-corrected chi connectivity index (χ3v) is 1.92. The number of halogens is 4. The topological polar surface area (TPSA) is 46.2 Å². The smallest absolute Gasteiger partial charge is 0.416 e. The number of rotatable bonds is 2. The Morgan fingerprint density at radius 3 is 2.40 bits per heavy atom. The second kappa shape index (κ2) is 4.06. The molecule has 3 N–H and O–H groups in total. The van der Waals surface area contributed by atoms with Crippen LogP contribution in [0.3, 0.4) is 0 Å². The van der Waals surface area contributed by atoms with Gasteiger partial charge < -0.3 is 10.8 Å². The van der Waals surface area contributed by atoms with Crippen LogP contribution in [0.5, 0.6) is 5.75 Å². The van der Waals surface area contributed by atoms with Crippen molar-refractivity contribution in [3.8, 4) is 5.75 Å². The van der Waals surface area contributed by atoms with E-state index in [2.05, 4.69) is 0 Å². The summed E-state index contributed by atoms with van der Waals surface area (Å²) in [5.41, 5.74) is 4.00. The fourth-order valence-electron chi connectivity index (χ4n) is 1.11. The molecule has 0 amide bonds. The molecule has 1 atom stereocenters. The van der Waals surface area contributed by atoms with Crippen LogP contribution in [0, 0.1) is 0 Å². The van der Waals surface area contributed by atoms with Crippen LogP contribution in [0.4, 0.5) is 17.6 Å². The first-order chi connectivity index (χ1) is 6.86. The zero-order valence-electron chi connectivity index (χ0n) is 7.55. The number of alkyl halides is 4. The van der Waals surface area contributed by atoms with Gasteiger partial charge in [0, 0.05) is 5.56 Å². The Bertz CT molecular complexity index is 350. The van der Waals surface area contributed by atoms with Gasteiger partial charge in [-0.2, -0.15) is 13.2 Å². The minimum Gasteiger partial charge on any atom is -0.508 e. The molecule has 1 rings (SSSR count). The summed E-state index contributed by atoms with van der Waals surface area (Å²) in [6.45, 7) is -1.03. The third-order valence-electron chi connectivity index (χ3n) is 1.92. The lowest BCUT2D eigenvalue weighted by molar-refractivity contribution is -0.137. The molecule has 84 valence electrons. The zero-order chi connectivity index (χ0) is 11.6. The van der Waals surface area contributed by atoms with Gasteiger partial charge in [0.1, 0.15) is 12.4 Å². The number of aromatic hydroxyl groups is 1. The zero-order valence-corrected chi connectivity index (χ0v) is 7.55. The second-order valence-corrected chi connectivity index (χ2v) is 3.03. The Kier molecular flexibility index (Phi) is 3.18. The van der Waals surface area contributed by atoms with Crippen molar-refractivity contribution >= 4 is 0 Å². The van der Waals surface area contributed by atoms with Gasteiger partial charge in [-0.25, -0.2) is 4.39 Å². The van der Waals surface area contributed by atoms with E-state index in [4.69, 9.17) is 5.73 Å². The summed E-state index contributed by atoms with van der Waals surface area (Å²) in [7, 11) is 0. The maximum atomic E-state index is 12.3. The number of nitrogens with two attached hydrogens (primary N) is 1. The van der Waals surface area contributed by atoms with Gasteiger partial charge in [0.25, 0.3) is 0 Å². The highest BCUT2D eigenvalue weighted by molar-refractivity contribution is 5.39.